The Morgan fingerprint density at radius 1 is 1.47 bits per heavy atom. The van der Waals surface area contributed by atoms with E-state index in [-0.39, 0.29) is 11.7 Å². The third-order valence-corrected chi connectivity index (χ3v) is 3.37. The fourth-order valence-electron chi connectivity index (χ4n) is 1.50. The highest BCUT2D eigenvalue weighted by molar-refractivity contribution is 9.09. The van der Waals surface area contributed by atoms with Crippen molar-refractivity contribution in [3.63, 3.8) is 0 Å². The molecule has 0 fully saturated rings. The van der Waals surface area contributed by atoms with E-state index < -0.39 is 11.7 Å². The fraction of sp³-hybridized carbons (Fsp3) is 0.500. The number of rotatable bonds is 3. The molecule has 5 heteroatoms. The third-order valence-electron chi connectivity index (χ3n) is 2.40. The molecule has 0 aliphatic carbocycles. The lowest BCUT2D eigenvalue weighted by molar-refractivity contribution is 0.0636. The minimum absolute atomic E-state index is 0.0281. The molecule has 1 aromatic carbocycles. The maximum atomic E-state index is 13.7. The summed E-state index contributed by atoms with van der Waals surface area (Å²) in [6, 6.07) is 4.50. The van der Waals surface area contributed by atoms with Crippen LogP contribution in [0, 0.1) is 5.82 Å². The minimum Gasteiger partial charge on any atom is -0.444 e. The van der Waals surface area contributed by atoms with Crippen LogP contribution in [0.25, 0.3) is 0 Å². The molecule has 1 amide bonds. The molecular formula is C14H19BrFNO2. The van der Waals surface area contributed by atoms with Crippen molar-refractivity contribution in [1.29, 1.82) is 0 Å². The summed E-state index contributed by atoms with van der Waals surface area (Å²) in [5.41, 5.74) is 0.527. The van der Waals surface area contributed by atoms with Crippen LogP contribution < -0.4 is 5.32 Å². The molecule has 19 heavy (non-hydrogen) atoms. The number of amides is 1. The quantitative estimate of drug-likeness (QED) is 0.817. The van der Waals surface area contributed by atoms with Crippen LogP contribution in [-0.4, -0.2) is 17.0 Å². The molecule has 106 valence electrons. The average molecular weight is 332 g/mol. The van der Waals surface area contributed by atoms with E-state index in [1.807, 2.05) is 6.92 Å². The van der Waals surface area contributed by atoms with Gasteiger partial charge in [-0.3, -0.25) is 5.32 Å². The Morgan fingerprint density at radius 2 is 2.11 bits per heavy atom. The molecule has 1 rings (SSSR count). The number of hydrogen-bond donors (Lipinski definition) is 1. The minimum atomic E-state index is -0.559. The molecule has 0 aliphatic heterocycles. The first-order valence-corrected chi connectivity index (χ1v) is 7.20. The van der Waals surface area contributed by atoms with Gasteiger partial charge in [0.15, 0.2) is 0 Å². The first-order valence-electron chi connectivity index (χ1n) is 6.08. The van der Waals surface area contributed by atoms with Gasteiger partial charge in [-0.25, -0.2) is 9.18 Å². The summed E-state index contributed by atoms with van der Waals surface area (Å²) in [6.45, 7) is 7.27. The molecule has 1 aromatic rings. The lowest BCUT2D eigenvalue weighted by Crippen LogP contribution is -2.27. The van der Waals surface area contributed by atoms with Crippen LogP contribution in [0.4, 0.5) is 14.9 Å². The van der Waals surface area contributed by atoms with E-state index in [1.165, 1.54) is 12.1 Å². The molecule has 1 unspecified atom stereocenters. The van der Waals surface area contributed by atoms with Crippen molar-refractivity contribution in [2.45, 2.75) is 39.2 Å². The smallest absolute Gasteiger partial charge is 0.412 e. The van der Waals surface area contributed by atoms with E-state index in [2.05, 4.69) is 21.2 Å². The summed E-state index contributed by atoms with van der Waals surface area (Å²) in [5.74, 6) is -0.248. The van der Waals surface area contributed by atoms with Gasteiger partial charge < -0.3 is 4.74 Å². The van der Waals surface area contributed by atoms with Gasteiger partial charge in [0, 0.05) is 11.0 Å². The first kappa shape index (κ1) is 16.0. The SMILES string of the molecule is CC(CBr)c1cc(NC(=O)OC(C)(C)C)ccc1F. The molecule has 0 heterocycles. The maximum Gasteiger partial charge on any atom is 0.412 e. The first-order chi connectivity index (χ1) is 8.73. The summed E-state index contributed by atoms with van der Waals surface area (Å²) in [6.07, 6.45) is -0.545. The number of alkyl halides is 1. The van der Waals surface area contributed by atoms with Crippen LogP contribution in [0.3, 0.4) is 0 Å². The lowest BCUT2D eigenvalue weighted by atomic mass is 10.0. The van der Waals surface area contributed by atoms with Gasteiger partial charge in [-0.2, -0.15) is 0 Å². The number of ether oxygens (including phenoxy) is 1. The predicted molar refractivity (Wildman–Crippen MR) is 78.5 cm³/mol. The number of halogens is 2. The van der Waals surface area contributed by atoms with Gasteiger partial charge in [-0.15, -0.1) is 0 Å². The highest BCUT2D eigenvalue weighted by atomic mass is 79.9. The standard InChI is InChI=1S/C14H19BrFNO2/c1-9(8-15)11-7-10(5-6-12(11)16)17-13(18)19-14(2,3)4/h5-7,9H,8H2,1-4H3,(H,17,18). The predicted octanol–water partition coefficient (Wildman–Crippen LogP) is 4.67. The monoisotopic (exact) mass is 331 g/mol. The summed E-state index contributed by atoms with van der Waals surface area (Å²) in [5, 5.41) is 3.25. The molecule has 0 saturated heterocycles. The van der Waals surface area contributed by atoms with Gasteiger partial charge in [0.05, 0.1) is 0 Å². The molecule has 0 aliphatic rings. The zero-order chi connectivity index (χ0) is 14.6. The summed E-state index contributed by atoms with van der Waals surface area (Å²) in [4.78, 5) is 11.6. The van der Waals surface area contributed by atoms with Crippen LogP contribution in [0.15, 0.2) is 18.2 Å². The molecule has 0 bridgehead atoms. The molecular weight excluding hydrogens is 313 g/mol. The summed E-state index contributed by atoms with van der Waals surface area (Å²) >= 11 is 3.32. The number of carbonyl (C=O) groups is 1. The van der Waals surface area contributed by atoms with Crippen LogP contribution in [0.2, 0.25) is 0 Å². The Balaban J connectivity index is 2.83. The van der Waals surface area contributed by atoms with Crippen molar-refractivity contribution in [3.05, 3.63) is 29.6 Å². The number of nitrogens with one attached hydrogen (secondary N) is 1. The van der Waals surface area contributed by atoms with Crippen molar-refractivity contribution in [1.82, 2.24) is 0 Å². The Kier molecular flexibility index (Phi) is 5.35. The molecule has 0 aromatic heterocycles. The van der Waals surface area contributed by atoms with Crippen LogP contribution in [0.1, 0.15) is 39.2 Å². The molecule has 1 atom stereocenters. The second-order valence-corrected chi connectivity index (χ2v) is 6.07. The van der Waals surface area contributed by atoms with E-state index in [1.54, 1.807) is 26.8 Å². The largest absolute Gasteiger partial charge is 0.444 e. The highest BCUT2D eigenvalue weighted by Crippen LogP contribution is 2.24. The van der Waals surface area contributed by atoms with E-state index in [4.69, 9.17) is 4.74 Å². The second kappa shape index (κ2) is 6.37. The lowest BCUT2D eigenvalue weighted by Gasteiger charge is -2.20. The van der Waals surface area contributed by atoms with E-state index in [0.717, 1.165) is 0 Å². The van der Waals surface area contributed by atoms with E-state index in [0.29, 0.717) is 16.6 Å². The average Bonchev–Trinajstić information content (AvgIpc) is 2.28. The molecule has 0 spiro atoms. The number of carbonyl (C=O) groups excluding carboxylic acids is 1. The van der Waals surface area contributed by atoms with E-state index in [9.17, 15) is 9.18 Å². The van der Waals surface area contributed by atoms with Gasteiger partial charge in [0.1, 0.15) is 11.4 Å². The van der Waals surface area contributed by atoms with Crippen molar-refractivity contribution >= 4 is 27.7 Å². The number of hydrogen-bond acceptors (Lipinski definition) is 2. The molecule has 0 radical (unpaired) electrons. The Bertz CT molecular complexity index is 457. The van der Waals surface area contributed by atoms with Gasteiger partial charge in [0.25, 0.3) is 0 Å². The summed E-state index contributed by atoms with van der Waals surface area (Å²) < 4.78 is 18.8. The number of benzene rings is 1. The van der Waals surface area contributed by atoms with Crippen molar-refractivity contribution in [2.24, 2.45) is 0 Å². The zero-order valence-corrected chi connectivity index (χ0v) is 13.2. The van der Waals surface area contributed by atoms with Crippen LogP contribution in [0.5, 0.6) is 0 Å². The second-order valence-electron chi connectivity index (χ2n) is 5.42. The van der Waals surface area contributed by atoms with Gasteiger partial charge >= 0.3 is 6.09 Å². The zero-order valence-electron chi connectivity index (χ0n) is 11.6. The van der Waals surface area contributed by atoms with Crippen molar-refractivity contribution in [2.75, 3.05) is 10.6 Å². The summed E-state index contributed by atoms with van der Waals surface area (Å²) in [7, 11) is 0. The normalized spacial score (nSPS) is 12.9. The third kappa shape index (κ3) is 5.19. The van der Waals surface area contributed by atoms with Gasteiger partial charge in [-0.05, 0) is 50.5 Å². The number of anilines is 1. The Hall–Kier alpha value is -1.10. The fourth-order valence-corrected chi connectivity index (χ4v) is 1.85. The van der Waals surface area contributed by atoms with Crippen LogP contribution in [-0.2, 0) is 4.74 Å². The Morgan fingerprint density at radius 3 is 2.63 bits per heavy atom. The molecule has 1 N–H and O–H groups in total. The van der Waals surface area contributed by atoms with Crippen LogP contribution >= 0.6 is 15.9 Å². The van der Waals surface area contributed by atoms with Gasteiger partial charge in [-0.1, -0.05) is 22.9 Å². The van der Waals surface area contributed by atoms with E-state index >= 15 is 0 Å². The van der Waals surface area contributed by atoms with Crippen molar-refractivity contribution in [3.8, 4) is 0 Å². The van der Waals surface area contributed by atoms with Gasteiger partial charge in [0.2, 0.25) is 0 Å². The maximum absolute atomic E-state index is 13.7. The molecule has 0 saturated carbocycles. The Labute approximate surface area is 121 Å². The topological polar surface area (TPSA) is 38.3 Å². The highest BCUT2D eigenvalue weighted by Gasteiger charge is 2.17. The molecule has 3 nitrogen and oxygen atoms in total. The van der Waals surface area contributed by atoms with Crippen molar-refractivity contribution < 1.29 is 13.9 Å².